The lowest BCUT2D eigenvalue weighted by atomic mass is 9.96. The van der Waals surface area contributed by atoms with Crippen LogP contribution in [0.25, 0.3) is 4.85 Å². The number of rotatable bonds is 6. The van der Waals surface area contributed by atoms with Crippen LogP contribution < -0.4 is 14.3 Å². The second-order valence-electron chi connectivity index (χ2n) is 8.27. The molecule has 1 saturated carbocycles. The third-order valence-corrected chi connectivity index (χ3v) is 7.19. The van der Waals surface area contributed by atoms with Crippen LogP contribution >= 0.6 is 0 Å². The highest BCUT2D eigenvalue weighted by Crippen LogP contribution is 2.32. The molecule has 0 saturated heterocycles. The van der Waals surface area contributed by atoms with Gasteiger partial charge in [0.25, 0.3) is 10.2 Å². The van der Waals surface area contributed by atoms with Gasteiger partial charge < -0.3 is 4.90 Å². The van der Waals surface area contributed by atoms with Crippen molar-refractivity contribution in [3.05, 3.63) is 71.1 Å². The molecule has 158 valence electrons. The van der Waals surface area contributed by atoms with Crippen molar-refractivity contribution in [3.8, 4) is 0 Å². The second kappa shape index (κ2) is 9.17. The van der Waals surface area contributed by atoms with Gasteiger partial charge in [0, 0.05) is 30.9 Å². The lowest BCUT2D eigenvalue weighted by Gasteiger charge is -2.37. The zero-order chi connectivity index (χ0) is 21.0. The summed E-state index contributed by atoms with van der Waals surface area (Å²) in [7, 11) is -3.58. The minimum absolute atomic E-state index is 0.0289. The van der Waals surface area contributed by atoms with E-state index in [0.29, 0.717) is 25.2 Å². The van der Waals surface area contributed by atoms with Crippen molar-refractivity contribution >= 4 is 21.6 Å². The molecule has 1 unspecified atom stereocenters. The lowest BCUT2D eigenvalue weighted by molar-refractivity contribution is 0.407. The molecule has 1 heterocycles. The molecule has 1 fully saturated rings. The van der Waals surface area contributed by atoms with Crippen molar-refractivity contribution < 1.29 is 8.42 Å². The van der Waals surface area contributed by atoms with Gasteiger partial charge >= 0.3 is 0 Å². The van der Waals surface area contributed by atoms with Crippen LogP contribution in [0.5, 0.6) is 0 Å². The Bertz CT molecular complexity index is 1010. The molecule has 7 heteroatoms. The average molecular weight is 425 g/mol. The molecule has 0 aromatic heterocycles. The number of nitrogens with zero attached hydrogens (tertiary/aromatic N) is 2. The molecule has 1 atom stereocenters. The predicted octanol–water partition coefficient (Wildman–Crippen LogP) is 3.93. The van der Waals surface area contributed by atoms with E-state index in [1.807, 2.05) is 36.4 Å². The van der Waals surface area contributed by atoms with E-state index in [9.17, 15) is 8.42 Å². The van der Waals surface area contributed by atoms with Crippen LogP contribution in [0.2, 0.25) is 0 Å². The van der Waals surface area contributed by atoms with Crippen molar-refractivity contribution in [2.24, 2.45) is 0 Å². The van der Waals surface area contributed by atoms with Crippen LogP contribution in [0.1, 0.15) is 43.2 Å². The molecular weight excluding hydrogens is 396 g/mol. The quantitative estimate of drug-likeness (QED) is 0.691. The first-order chi connectivity index (χ1) is 14.5. The number of benzene rings is 2. The zero-order valence-electron chi connectivity index (χ0n) is 17.0. The number of hydrogen-bond donors (Lipinski definition) is 2. The molecule has 4 rings (SSSR count). The molecule has 2 aromatic carbocycles. The first-order valence-electron chi connectivity index (χ1n) is 10.6. The fraction of sp³-hybridized carbons (Fsp3) is 0.435. The van der Waals surface area contributed by atoms with E-state index in [1.54, 1.807) is 0 Å². The molecular formula is C23H28N4O2S. The Morgan fingerprint density at radius 1 is 1.00 bits per heavy atom. The van der Waals surface area contributed by atoms with Gasteiger partial charge in [-0.3, -0.25) is 0 Å². The highest BCUT2D eigenvalue weighted by molar-refractivity contribution is 7.87. The Morgan fingerprint density at radius 3 is 2.47 bits per heavy atom. The average Bonchev–Trinajstić information content (AvgIpc) is 2.74. The van der Waals surface area contributed by atoms with Crippen molar-refractivity contribution in [1.29, 1.82) is 0 Å². The van der Waals surface area contributed by atoms with Crippen LogP contribution in [0.15, 0.2) is 48.5 Å². The summed E-state index contributed by atoms with van der Waals surface area (Å²) >= 11 is 0. The summed E-state index contributed by atoms with van der Waals surface area (Å²) in [4.78, 5) is 5.75. The summed E-state index contributed by atoms with van der Waals surface area (Å²) in [5.74, 6) is 0. The van der Waals surface area contributed by atoms with Crippen molar-refractivity contribution in [1.82, 2.24) is 9.44 Å². The van der Waals surface area contributed by atoms with E-state index in [4.69, 9.17) is 6.57 Å². The lowest BCUT2D eigenvalue weighted by Crippen LogP contribution is -2.53. The third kappa shape index (κ3) is 5.20. The highest BCUT2D eigenvalue weighted by atomic mass is 32.2. The fourth-order valence-electron chi connectivity index (χ4n) is 4.53. The third-order valence-electron chi connectivity index (χ3n) is 5.91. The maximum Gasteiger partial charge on any atom is 0.277 e. The topological polar surface area (TPSA) is 65.8 Å². The van der Waals surface area contributed by atoms with Gasteiger partial charge in [-0.15, -0.1) is 0 Å². The Kier molecular flexibility index (Phi) is 6.38. The molecule has 0 amide bonds. The number of fused-ring (bicyclic) bond motifs is 1. The Hall–Kier alpha value is -2.40. The first kappa shape index (κ1) is 20.9. The molecule has 1 aliphatic heterocycles. The number of anilines is 1. The van der Waals surface area contributed by atoms with Crippen LogP contribution in [-0.2, 0) is 23.2 Å². The maximum absolute atomic E-state index is 12.8. The highest BCUT2D eigenvalue weighted by Gasteiger charge is 2.29. The molecule has 0 bridgehead atoms. The Labute approximate surface area is 179 Å². The summed E-state index contributed by atoms with van der Waals surface area (Å²) in [6, 6.07) is 15.6. The monoisotopic (exact) mass is 424 g/mol. The molecule has 2 N–H and O–H groups in total. The van der Waals surface area contributed by atoms with Gasteiger partial charge in [-0.25, -0.2) is 4.85 Å². The van der Waals surface area contributed by atoms with Gasteiger partial charge in [0.1, 0.15) is 0 Å². The Morgan fingerprint density at radius 2 is 1.73 bits per heavy atom. The minimum Gasteiger partial charge on any atom is -0.365 e. The molecule has 0 radical (unpaired) electrons. The van der Waals surface area contributed by atoms with Crippen molar-refractivity contribution in [2.75, 3.05) is 11.4 Å². The van der Waals surface area contributed by atoms with Gasteiger partial charge in [0.15, 0.2) is 5.69 Å². The maximum atomic E-state index is 12.8. The normalized spacial score (nSPS) is 19.8. The van der Waals surface area contributed by atoms with Crippen molar-refractivity contribution in [2.45, 2.75) is 57.2 Å². The van der Waals surface area contributed by atoms with Gasteiger partial charge in [-0.2, -0.15) is 17.9 Å². The summed E-state index contributed by atoms with van der Waals surface area (Å²) in [6.07, 6.45) is 5.73. The van der Waals surface area contributed by atoms with E-state index < -0.39 is 10.2 Å². The Balaban J connectivity index is 1.53. The summed E-state index contributed by atoms with van der Waals surface area (Å²) in [5.41, 5.74) is 3.83. The molecule has 1 aliphatic carbocycles. The van der Waals surface area contributed by atoms with Gasteiger partial charge in [0.05, 0.1) is 6.57 Å². The fourth-order valence-corrected chi connectivity index (χ4v) is 5.87. The predicted molar refractivity (Wildman–Crippen MR) is 120 cm³/mol. The van der Waals surface area contributed by atoms with Crippen LogP contribution in [-0.4, -0.2) is 27.0 Å². The molecule has 30 heavy (non-hydrogen) atoms. The largest absolute Gasteiger partial charge is 0.365 e. The van der Waals surface area contributed by atoms with Gasteiger partial charge in [-0.05, 0) is 36.5 Å². The minimum atomic E-state index is -3.58. The van der Waals surface area contributed by atoms with Crippen LogP contribution in [0.4, 0.5) is 11.4 Å². The second-order valence-corrected chi connectivity index (χ2v) is 9.74. The zero-order valence-corrected chi connectivity index (χ0v) is 17.9. The van der Waals surface area contributed by atoms with E-state index in [-0.39, 0.29) is 12.1 Å². The summed E-state index contributed by atoms with van der Waals surface area (Å²) in [6.45, 7) is 8.60. The van der Waals surface area contributed by atoms with E-state index in [1.165, 1.54) is 12.0 Å². The molecule has 2 aromatic rings. The smallest absolute Gasteiger partial charge is 0.277 e. The van der Waals surface area contributed by atoms with Crippen LogP contribution in [0, 0.1) is 6.57 Å². The summed E-state index contributed by atoms with van der Waals surface area (Å²) in [5, 5.41) is 0. The van der Waals surface area contributed by atoms with Crippen LogP contribution in [0.3, 0.4) is 0 Å². The summed E-state index contributed by atoms with van der Waals surface area (Å²) < 4.78 is 31.3. The van der Waals surface area contributed by atoms with Gasteiger partial charge in [0.2, 0.25) is 0 Å². The SMILES string of the molecule is [C-]#[N+]c1ccc2c(c1)CC(NS(=O)(=O)NC1CCCCC1)CN2Cc1ccccc1. The first-order valence-corrected chi connectivity index (χ1v) is 12.1. The van der Waals surface area contributed by atoms with E-state index in [0.717, 1.165) is 36.9 Å². The van der Waals surface area contributed by atoms with E-state index >= 15 is 0 Å². The molecule has 2 aliphatic rings. The van der Waals surface area contributed by atoms with Gasteiger partial charge in [-0.1, -0.05) is 61.7 Å². The number of hydrogen-bond acceptors (Lipinski definition) is 3. The number of nitrogens with one attached hydrogen (secondary N) is 2. The van der Waals surface area contributed by atoms with Crippen molar-refractivity contribution in [3.63, 3.8) is 0 Å². The standard InChI is InChI=1S/C23H28N4O2S/c1-24-21-12-13-23-19(14-21)15-22(17-27(23)16-18-8-4-2-5-9-18)26-30(28,29)25-20-10-6-3-7-11-20/h2,4-5,8-9,12-14,20,22,25-26H,3,6-7,10-11,15-17H2. The van der Waals surface area contributed by atoms with E-state index in [2.05, 4.69) is 31.3 Å². The molecule has 0 spiro atoms. The molecule has 6 nitrogen and oxygen atoms in total.